The molecule has 0 spiro atoms. The highest BCUT2D eigenvalue weighted by Crippen LogP contribution is 2.40. The minimum absolute atomic E-state index is 0.104. The van der Waals surface area contributed by atoms with Gasteiger partial charge >= 0.3 is 0 Å². The smallest absolute Gasteiger partial charge is 0.127 e. The van der Waals surface area contributed by atoms with Crippen molar-refractivity contribution in [2.45, 2.75) is 45.6 Å². The molecule has 0 aliphatic carbocycles. The van der Waals surface area contributed by atoms with Gasteiger partial charge in [0.15, 0.2) is 0 Å². The normalized spacial score (nSPS) is 20.2. The zero-order chi connectivity index (χ0) is 11.9. The Kier molecular flexibility index (Phi) is 2.70. The molecule has 2 heteroatoms. The highest BCUT2D eigenvalue weighted by atomic mass is 16.5. The Morgan fingerprint density at radius 1 is 1.31 bits per heavy atom. The Hall–Kier alpha value is -1.02. The van der Waals surface area contributed by atoms with Gasteiger partial charge in [0.25, 0.3) is 0 Å². The third-order valence-corrected chi connectivity index (χ3v) is 3.14. The van der Waals surface area contributed by atoms with Crippen LogP contribution in [-0.4, -0.2) is 6.61 Å². The van der Waals surface area contributed by atoms with Gasteiger partial charge in [-0.15, -0.1) is 0 Å². The fraction of sp³-hybridized carbons (Fsp3) is 0.571. The molecule has 1 aliphatic heterocycles. The van der Waals surface area contributed by atoms with Crippen molar-refractivity contribution in [1.29, 1.82) is 0 Å². The summed E-state index contributed by atoms with van der Waals surface area (Å²) in [5, 5.41) is 0. The largest absolute Gasteiger partial charge is 0.493 e. The summed E-state index contributed by atoms with van der Waals surface area (Å²) in [5.74, 6) is 1.02. The van der Waals surface area contributed by atoms with E-state index < -0.39 is 0 Å². The SMILES string of the molecule is Cc1cc2c(c(C(C)(C)C)c1)OCCC2N. The molecule has 88 valence electrons. The number of aryl methyl sites for hydroxylation is 1. The monoisotopic (exact) mass is 219 g/mol. The van der Waals surface area contributed by atoms with Gasteiger partial charge in [0.05, 0.1) is 6.61 Å². The van der Waals surface area contributed by atoms with Crippen LogP contribution in [0.25, 0.3) is 0 Å². The Morgan fingerprint density at radius 2 is 2.00 bits per heavy atom. The maximum absolute atomic E-state index is 6.15. The van der Waals surface area contributed by atoms with E-state index in [2.05, 4.69) is 39.8 Å². The first-order chi connectivity index (χ1) is 7.39. The minimum Gasteiger partial charge on any atom is -0.493 e. The molecule has 16 heavy (non-hydrogen) atoms. The van der Waals surface area contributed by atoms with Crippen LogP contribution in [0.2, 0.25) is 0 Å². The van der Waals surface area contributed by atoms with Gasteiger partial charge in [-0.25, -0.2) is 0 Å². The quantitative estimate of drug-likeness (QED) is 0.727. The Bertz CT molecular complexity index is 404. The van der Waals surface area contributed by atoms with Crippen molar-refractivity contribution < 1.29 is 4.74 Å². The Labute approximate surface area is 97.8 Å². The van der Waals surface area contributed by atoms with Crippen molar-refractivity contribution in [2.24, 2.45) is 5.73 Å². The third-order valence-electron chi connectivity index (χ3n) is 3.14. The highest BCUT2D eigenvalue weighted by molar-refractivity contribution is 5.50. The molecular formula is C14H21NO. The number of fused-ring (bicyclic) bond motifs is 1. The minimum atomic E-state index is 0.104. The van der Waals surface area contributed by atoms with Gasteiger partial charge in [-0.2, -0.15) is 0 Å². The van der Waals surface area contributed by atoms with Gasteiger partial charge in [-0.1, -0.05) is 38.5 Å². The van der Waals surface area contributed by atoms with E-state index >= 15 is 0 Å². The number of nitrogens with two attached hydrogens (primary N) is 1. The summed E-state index contributed by atoms with van der Waals surface area (Å²) in [5.41, 5.74) is 9.97. The molecular weight excluding hydrogens is 198 g/mol. The molecule has 1 heterocycles. The fourth-order valence-electron chi connectivity index (χ4n) is 2.24. The molecule has 1 aromatic carbocycles. The first-order valence-corrected chi connectivity index (χ1v) is 5.93. The van der Waals surface area contributed by atoms with Gasteiger partial charge in [-0.05, 0) is 12.3 Å². The standard InChI is InChI=1S/C14H21NO/c1-9-7-10-12(15)5-6-16-13(10)11(8-9)14(2,3)4/h7-8,12H,5-6,15H2,1-4H3. The number of ether oxygens (including phenoxy) is 1. The van der Waals surface area contributed by atoms with Crippen molar-refractivity contribution in [2.75, 3.05) is 6.61 Å². The summed E-state index contributed by atoms with van der Waals surface area (Å²) in [7, 11) is 0. The van der Waals surface area contributed by atoms with E-state index in [1.54, 1.807) is 0 Å². The maximum atomic E-state index is 6.15. The van der Waals surface area contributed by atoms with Crippen LogP contribution in [0.1, 0.15) is 49.9 Å². The van der Waals surface area contributed by atoms with E-state index in [0.29, 0.717) is 0 Å². The topological polar surface area (TPSA) is 35.2 Å². The van der Waals surface area contributed by atoms with Gasteiger partial charge in [-0.3, -0.25) is 0 Å². The van der Waals surface area contributed by atoms with Gasteiger partial charge < -0.3 is 10.5 Å². The molecule has 0 fully saturated rings. The number of rotatable bonds is 0. The van der Waals surface area contributed by atoms with Crippen LogP contribution in [0.5, 0.6) is 5.75 Å². The molecule has 0 saturated heterocycles. The number of benzene rings is 1. The molecule has 2 rings (SSSR count). The van der Waals surface area contributed by atoms with Crippen LogP contribution in [-0.2, 0) is 5.41 Å². The highest BCUT2D eigenvalue weighted by Gasteiger charge is 2.26. The third kappa shape index (κ3) is 1.94. The second-order valence-corrected chi connectivity index (χ2v) is 5.72. The number of hydrogen-bond donors (Lipinski definition) is 1. The van der Waals surface area contributed by atoms with E-state index in [9.17, 15) is 0 Å². The molecule has 1 atom stereocenters. The van der Waals surface area contributed by atoms with Crippen LogP contribution in [0.4, 0.5) is 0 Å². The van der Waals surface area contributed by atoms with Crippen LogP contribution in [0.3, 0.4) is 0 Å². The van der Waals surface area contributed by atoms with E-state index in [4.69, 9.17) is 10.5 Å². The molecule has 0 saturated carbocycles. The lowest BCUT2D eigenvalue weighted by molar-refractivity contribution is 0.261. The van der Waals surface area contributed by atoms with Crippen molar-refractivity contribution in [3.05, 3.63) is 28.8 Å². The summed E-state index contributed by atoms with van der Waals surface area (Å²) >= 11 is 0. The molecule has 2 nitrogen and oxygen atoms in total. The van der Waals surface area contributed by atoms with Gasteiger partial charge in [0, 0.05) is 23.6 Å². The average Bonchev–Trinajstić information content (AvgIpc) is 2.17. The molecule has 1 aliphatic rings. The first-order valence-electron chi connectivity index (χ1n) is 5.93. The molecule has 0 amide bonds. The summed E-state index contributed by atoms with van der Waals surface area (Å²) in [6, 6.07) is 4.51. The average molecular weight is 219 g/mol. The summed E-state index contributed by atoms with van der Waals surface area (Å²) in [6.45, 7) is 9.50. The van der Waals surface area contributed by atoms with E-state index in [0.717, 1.165) is 18.8 Å². The first kappa shape index (κ1) is 11.5. The van der Waals surface area contributed by atoms with Crippen LogP contribution in [0.15, 0.2) is 12.1 Å². The van der Waals surface area contributed by atoms with Crippen LogP contribution in [0, 0.1) is 6.92 Å². The lowest BCUT2D eigenvalue weighted by atomic mass is 9.82. The molecule has 2 N–H and O–H groups in total. The lowest BCUT2D eigenvalue weighted by Crippen LogP contribution is -2.24. The fourth-order valence-corrected chi connectivity index (χ4v) is 2.24. The lowest BCUT2D eigenvalue weighted by Gasteiger charge is -2.30. The van der Waals surface area contributed by atoms with Crippen molar-refractivity contribution in [3.8, 4) is 5.75 Å². The van der Waals surface area contributed by atoms with Crippen molar-refractivity contribution in [3.63, 3.8) is 0 Å². The summed E-state index contributed by atoms with van der Waals surface area (Å²) < 4.78 is 5.83. The second kappa shape index (κ2) is 3.77. The molecule has 0 aromatic heterocycles. The zero-order valence-corrected chi connectivity index (χ0v) is 10.6. The van der Waals surface area contributed by atoms with Crippen molar-refractivity contribution in [1.82, 2.24) is 0 Å². The molecule has 0 radical (unpaired) electrons. The molecule has 1 unspecified atom stereocenters. The Morgan fingerprint density at radius 3 is 2.62 bits per heavy atom. The molecule has 0 bridgehead atoms. The molecule has 1 aromatic rings. The summed E-state index contributed by atoms with van der Waals surface area (Å²) in [6.07, 6.45) is 0.917. The van der Waals surface area contributed by atoms with E-state index in [1.807, 2.05) is 0 Å². The Balaban J connectivity index is 2.62. The van der Waals surface area contributed by atoms with Crippen LogP contribution >= 0.6 is 0 Å². The van der Waals surface area contributed by atoms with Gasteiger partial charge in [0.1, 0.15) is 5.75 Å². The van der Waals surface area contributed by atoms with E-state index in [-0.39, 0.29) is 11.5 Å². The zero-order valence-electron chi connectivity index (χ0n) is 10.6. The predicted molar refractivity (Wildman–Crippen MR) is 66.9 cm³/mol. The van der Waals surface area contributed by atoms with Crippen molar-refractivity contribution >= 4 is 0 Å². The summed E-state index contributed by atoms with van der Waals surface area (Å²) in [4.78, 5) is 0. The number of hydrogen-bond acceptors (Lipinski definition) is 2. The van der Waals surface area contributed by atoms with E-state index in [1.165, 1.54) is 16.7 Å². The van der Waals surface area contributed by atoms with Gasteiger partial charge in [0.2, 0.25) is 0 Å². The predicted octanol–water partition coefficient (Wildman–Crippen LogP) is 3.07. The maximum Gasteiger partial charge on any atom is 0.127 e. The van der Waals surface area contributed by atoms with Crippen LogP contribution < -0.4 is 10.5 Å². The second-order valence-electron chi connectivity index (χ2n) is 5.72.